The van der Waals surface area contributed by atoms with Crippen LogP contribution in [0.4, 0.5) is 0 Å². The highest BCUT2D eigenvalue weighted by Crippen LogP contribution is 2.33. The Balaban J connectivity index is 1.83. The van der Waals surface area contributed by atoms with Gasteiger partial charge in [0.1, 0.15) is 37.0 Å². The predicted molar refractivity (Wildman–Crippen MR) is 80.9 cm³/mol. The van der Waals surface area contributed by atoms with Crippen molar-refractivity contribution in [1.29, 1.82) is 0 Å². The van der Waals surface area contributed by atoms with Gasteiger partial charge < -0.3 is 30.1 Å². The molecule has 0 aromatic carbocycles. The summed E-state index contributed by atoms with van der Waals surface area (Å²) in [6.45, 7) is 1.61. The Morgan fingerprint density at radius 2 is 2.23 bits per heavy atom. The standard InChI is InChI=1S/C12H18N4O5S/c1-2-22-12(20)9-10(13-4-15-12)16(5-14-9)11-8(19)7(18)6(3-17)21-11/h4,6-8,11,17-20H,2-3,5H2,1H3/t6-,7-,8-,11-,12?/m1/s1. The molecule has 1 fully saturated rings. The third-order valence-electron chi connectivity index (χ3n) is 3.76. The molecule has 22 heavy (non-hydrogen) atoms. The first-order chi connectivity index (χ1) is 10.5. The second-order valence-electron chi connectivity index (χ2n) is 5.09. The molecule has 122 valence electrons. The number of hydrogen-bond acceptors (Lipinski definition) is 10. The SMILES string of the molecule is CCSC1(O)N=CN=C2C1=NCN2[C@@H]1O[C@H](CO)[C@@H](O)[C@H]1O. The van der Waals surface area contributed by atoms with Crippen LogP contribution in [0, 0.1) is 0 Å². The van der Waals surface area contributed by atoms with E-state index in [1.807, 2.05) is 6.92 Å². The van der Waals surface area contributed by atoms with Crippen molar-refractivity contribution in [2.75, 3.05) is 19.0 Å². The van der Waals surface area contributed by atoms with Gasteiger partial charge in [0, 0.05) is 0 Å². The molecule has 0 aromatic heterocycles. The Morgan fingerprint density at radius 3 is 2.86 bits per heavy atom. The number of fused-ring (bicyclic) bond motifs is 1. The fraction of sp³-hybridized carbons (Fsp3) is 0.750. The van der Waals surface area contributed by atoms with Gasteiger partial charge in [-0.15, -0.1) is 0 Å². The first-order valence-corrected chi connectivity index (χ1v) is 7.92. The Kier molecular flexibility index (Phi) is 4.23. The van der Waals surface area contributed by atoms with Crippen LogP contribution >= 0.6 is 11.8 Å². The summed E-state index contributed by atoms with van der Waals surface area (Å²) < 4.78 is 5.49. The van der Waals surface area contributed by atoms with E-state index in [-0.39, 0.29) is 6.67 Å². The fourth-order valence-corrected chi connectivity index (χ4v) is 3.49. The zero-order chi connectivity index (χ0) is 15.9. The molecule has 0 radical (unpaired) electrons. The number of aliphatic hydroxyl groups excluding tert-OH is 3. The first-order valence-electron chi connectivity index (χ1n) is 6.94. The molecule has 3 rings (SSSR count). The second-order valence-corrected chi connectivity index (χ2v) is 6.52. The molecular formula is C12H18N4O5S. The summed E-state index contributed by atoms with van der Waals surface area (Å²) in [5.41, 5.74) is 0.305. The van der Waals surface area contributed by atoms with E-state index in [1.54, 1.807) is 4.90 Å². The largest absolute Gasteiger partial charge is 0.394 e. The molecule has 0 bridgehead atoms. The molecule has 4 N–H and O–H groups in total. The van der Waals surface area contributed by atoms with Crippen molar-refractivity contribution in [3.05, 3.63) is 0 Å². The van der Waals surface area contributed by atoms with Gasteiger partial charge in [-0.1, -0.05) is 18.7 Å². The molecular weight excluding hydrogens is 312 g/mol. The Labute approximate surface area is 131 Å². The van der Waals surface area contributed by atoms with Crippen molar-refractivity contribution in [3.63, 3.8) is 0 Å². The van der Waals surface area contributed by atoms with Crippen molar-refractivity contribution in [1.82, 2.24) is 4.90 Å². The van der Waals surface area contributed by atoms with Crippen molar-refractivity contribution in [2.45, 2.75) is 36.5 Å². The highest BCUT2D eigenvalue weighted by Gasteiger charge is 2.51. The van der Waals surface area contributed by atoms with Crippen LogP contribution in [0.3, 0.4) is 0 Å². The van der Waals surface area contributed by atoms with E-state index in [0.29, 0.717) is 17.3 Å². The van der Waals surface area contributed by atoms with E-state index in [1.165, 1.54) is 18.1 Å². The number of nitrogens with zero attached hydrogens (tertiary/aromatic N) is 4. The van der Waals surface area contributed by atoms with Crippen LogP contribution in [-0.4, -0.2) is 91.8 Å². The van der Waals surface area contributed by atoms with Gasteiger partial charge in [-0.25, -0.2) is 9.98 Å². The number of aliphatic imine (C=N–C) groups is 3. The van der Waals surface area contributed by atoms with E-state index >= 15 is 0 Å². The Bertz CT molecular complexity index is 542. The van der Waals surface area contributed by atoms with Gasteiger partial charge in [0.25, 0.3) is 5.06 Å². The zero-order valence-corrected chi connectivity index (χ0v) is 12.7. The summed E-state index contributed by atoms with van der Waals surface area (Å²) in [5.74, 6) is 0.988. The number of amidine groups is 1. The van der Waals surface area contributed by atoms with Crippen LogP contribution < -0.4 is 0 Å². The third-order valence-corrected chi connectivity index (χ3v) is 4.75. The lowest BCUT2D eigenvalue weighted by Gasteiger charge is -2.31. The van der Waals surface area contributed by atoms with Crippen LogP contribution in [0.2, 0.25) is 0 Å². The number of ether oxygens (including phenoxy) is 1. The zero-order valence-electron chi connectivity index (χ0n) is 11.9. The monoisotopic (exact) mass is 330 g/mol. The van der Waals surface area contributed by atoms with Crippen molar-refractivity contribution in [3.8, 4) is 0 Å². The molecule has 0 amide bonds. The molecule has 3 aliphatic heterocycles. The number of hydrogen-bond donors (Lipinski definition) is 4. The quantitative estimate of drug-likeness (QED) is 0.438. The van der Waals surface area contributed by atoms with Gasteiger partial charge in [0.05, 0.1) is 6.61 Å². The van der Waals surface area contributed by atoms with Crippen molar-refractivity contribution in [2.24, 2.45) is 15.0 Å². The molecule has 5 atom stereocenters. The average molecular weight is 330 g/mol. The highest BCUT2D eigenvalue weighted by atomic mass is 32.2. The number of thioether (sulfide) groups is 1. The van der Waals surface area contributed by atoms with Crippen LogP contribution in [0.1, 0.15) is 6.92 Å². The Hall–Kier alpha value is -1.04. The van der Waals surface area contributed by atoms with E-state index in [4.69, 9.17) is 9.84 Å². The minimum atomic E-state index is -1.50. The maximum Gasteiger partial charge on any atom is 0.253 e. The molecule has 1 unspecified atom stereocenters. The molecule has 0 spiro atoms. The van der Waals surface area contributed by atoms with Crippen LogP contribution in [0.15, 0.2) is 15.0 Å². The fourth-order valence-electron chi connectivity index (χ4n) is 2.67. The lowest BCUT2D eigenvalue weighted by atomic mass is 10.1. The summed E-state index contributed by atoms with van der Waals surface area (Å²) >= 11 is 1.21. The van der Waals surface area contributed by atoms with Gasteiger partial charge in [-0.3, -0.25) is 4.99 Å². The molecule has 1 saturated heterocycles. The van der Waals surface area contributed by atoms with Gasteiger partial charge in [0.2, 0.25) is 0 Å². The third kappa shape index (κ3) is 2.36. The smallest absolute Gasteiger partial charge is 0.253 e. The highest BCUT2D eigenvalue weighted by molar-refractivity contribution is 8.01. The van der Waals surface area contributed by atoms with Gasteiger partial charge in [-0.2, -0.15) is 0 Å². The van der Waals surface area contributed by atoms with Gasteiger partial charge in [0.15, 0.2) is 12.1 Å². The summed E-state index contributed by atoms with van der Waals surface area (Å²) in [4.78, 5) is 13.9. The summed E-state index contributed by atoms with van der Waals surface area (Å²) in [6, 6.07) is 0. The lowest BCUT2D eigenvalue weighted by Crippen LogP contribution is -2.50. The van der Waals surface area contributed by atoms with Crippen LogP contribution in [0.5, 0.6) is 0 Å². The average Bonchev–Trinajstić information content (AvgIpc) is 3.03. The predicted octanol–water partition coefficient (Wildman–Crippen LogP) is -2.02. The topological polar surface area (TPSA) is 130 Å². The summed E-state index contributed by atoms with van der Waals surface area (Å²) in [7, 11) is 0. The van der Waals surface area contributed by atoms with Gasteiger partial charge in [-0.05, 0) is 5.75 Å². The summed E-state index contributed by atoms with van der Waals surface area (Å²) in [5, 5.41) is 38.2. The minimum absolute atomic E-state index is 0.122. The summed E-state index contributed by atoms with van der Waals surface area (Å²) in [6.07, 6.45) is -2.92. The van der Waals surface area contributed by atoms with E-state index < -0.39 is 36.2 Å². The molecule has 10 heteroatoms. The lowest BCUT2D eigenvalue weighted by molar-refractivity contribution is -0.0688. The Morgan fingerprint density at radius 1 is 1.45 bits per heavy atom. The molecule has 3 heterocycles. The number of aliphatic hydroxyl groups is 4. The first kappa shape index (κ1) is 15.8. The molecule has 0 aromatic rings. The van der Waals surface area contributed by atoms with Crippen molar-refractivity contribution >= 4 is 29.6 Å². The van der Waals surface area contributed by atoms with E-state index in [9.17, 15) is 15.3 Å². The maximum atomic E-state index is 10.6. The molecule has 0 saturated carbocycles. The van der Waals surface area contributed by atoms with Crippen LogP contribution in [-0.2, 0) is 4.74 Å². The van der Waals surface area contributed by atoms with Gasteiger partial charge >= 0.3 is 0 Å². The van der Waals surface area contributed by atoms with Crippen molar-refractivity contribution < 1.29 is 25.2 Å². The normalized spacial score (nSPS) is 40.7. The molecule has 9 nitrogen and oxygen atoms in total. The van der Waals surface area contributed by atoms with E-state index in [0.717, 1.165) is 0 Å². The maximum absolute atomic E-state index is 10.6. The second kappa shape index (κ2) is 5.87. The number of rotatable bonds is 4. The minimum Gasteiger partial charge on any atom is -0.394 e. The molecule has 0 aliphatic carbocycles. The van der Waals surface area contributed by atoms with E-state index in [2.05, 4.69) is 15.0 Å². The molecule has 3 aliphatic rings. The van der Waals surface area contributed by atoms with Crippen LogP contribution in [0.25, 0.3) is 0 Å².